The van der Waals surface area contributed by atoms with Crippen LogP contribution in [-0.2, 0) is 4.74 Å². The first-order valence-corrected chi connectivity index (χ1v) is 6.24. The fraction of sp³-hybridized carbons (Fsp3) is 0.467. The van der Waals surface area contributed by atoms with Crippen LogP contribution in [0.25, 0.3) is 0 Å². The summed E-state index contributed by atoms with van der Waals surface area (Å²) >= 11 is 0. The lowest BCUT2D eigenvalue weighted by atomic mass is 10.1. The molecule has 0 bridgehead atoms. The van der Waals surface area contributed by atoms with E-state index in [2.05, 4.69) is 11.8 Å². The summed E-state index contributed by atoms with van der Waals surface area (Å²) in [5.74, 6) is 6.33. The molecule has 1 heterocycles. The lowest BCUT2D eigenvalue weighted by Gasteiger charge is -2.13. The quantitative estimate of drug-likeness (QED) is 0.828. The van der Waals surface area contributed by atoms with Gasteiger partial charge in [0.2, 0.25) is 0 Å². The molecule has 1 aliphatic heterocycles. The summed E-state index contributed by atoms with van der Waals surface area (Å²) in [6.07, 6.45) is 2.37. The SMILES string of the molecule is Cc1ccc(OCC2CCCO2)c(C#CCO)c1. The van der Waals surface area contributed by atoms with Crippen LogP contribution in [-0.4, -0.2) is 31.0 Å². The Morgan fingerprint density at radius 2 is 2.39 bits per heavy atom. The monoisotopic (exact) mass is 246 g/mol. The predicted octanol–water partition coefficient (Wildman–Crippen LogP) is 1.90. The van der Waals surface area contributed by atoms with Crippen LogP contribution >= 0.6 is 0 Å². The van der Waals surface area contributed by atoms with Gasteiger partial charge in [-0.3, -0.25) is 0 Å². The van der Waals surface area contributed by atoms with Gasteiger partial charge in [-0.1, -0.05) is 17.9 Å². The maximum atomic E-state index is 8.76. The predicted molar refractivity (Wildman–Crippen MR) is 69.6 cm³/mol. The van der Waals surface area contributed by atoms with Crippen molar-refractivity contribution in [3.05, 3.63) is 29.3 Å². The zero-order valence-corrected chi connectivity index (χ0v) is 10.6. The molecule has 0 aliphatic carbocycles. The van der Waals surface area contributed by atoms with Gasteiger partial charge in [-0.2, -0.15) is 0 Å². The van der Waals surface area contributed by atoms with Gasteiger partial charge in [-0.05, 0) is 37.5 Å². The molecule has 18 heavy (non-hydrogen) atoms. The number of aryl methyl sites for hydroxylation is 1. The maximum Gasteiger partial charge on any atom is 0.135 e. The molecule has 1 unspecified atom stereocenters. The minimum atomic E-state index is -0.140. The molecule has 3 nitrogen and oxygen atoms in total. The fourth-order valence-corrected chi connectivity index (χ4v) is 1.96. The highest BCUT2D eigenvalue weighted by molar-refractivity contribution is 5.48. The van der Waals surface area contributed by atoms with Crippen molar-refractivity contribution < 1.29 is 14.6 Å². The van der Waals surface area contributed by atoms with Gasteiger partial charge < -0.3 is 14.6 Å². The van der Waals surface area contributed by atoms with Crippen LogP contribution in [0, 0.1) is 18.8 Å². The molecule has 96 valence electrons. The van der Waals surface area contributed by atoms with Crippen LogP contribution in [0.4, 0.5) is 0 Å². The second kappa shape index (κ2) is 6.44. The zero-order valence-electron chi connectivity index (χ0n) is 10.6. The molecule has 0 saturated carbocycles. The summed E-state index contributed by atoms with van der Waals surface area (Å²) < 4.78 is 11.3. The van der Waals surface area contributed by atoms with Gasteiger partial charge in [0, 0.05) is 6.61 Å². The van der Waals surface area contributed by atoms with Gasteiger partial charge in [0.25, 0.3) is 0 Å². The molecule has 1 fully saturated rings. The van der Waals surface area contributed by atoms with E-state index in [9.17, 15) is 0 Å². The Balaban J connectivity index is 2.05. The number of hydrogen-bond donors (Lipinski definition) is 1. The van der Waals surface area contributed by atoms with Crippen molar-refractivity contribution in [2.24, 2.45) is 0 Å². The molecule has 1 N–H and O–H groups in total. The Hall–Kier alpha value is -1.50. The first-order valence-electron chi connectivity index (χ1n) is 6.24. The summed E-state index contributed by atoms with van der Waals surface area (Å²) in [4.78, 5) is 0. The topological polar surface area (TPSA) is 38.7 Å². The summed E-state index contributed by atoms with van der Waals surface area (Å²) in [6.45, 7) is 3.27. The van der Waals surface area contributed by atoms with Crippen LogP contribution in [0.15, 0.2) is 18.2 Å². The van der Waals surface area contributed by atoms with E-state index in [1.807, 2.05) is 25.1 Å². The Kier molecular flexibility index (Phi) is 4.63. The minimum absolute atomic E-state index is 0.140. The third-order valence-electron chi connectivity index (χ3n) is 2.89. The van der Waals surface area contributed by atoms with Crippen molar-refractivity contribution in [2.75, 3.05) is 19.8 Å². The number of ether oxygens (including phenoxy) is 2. The second-order valence-electron chi connectivity index (χ2n) is 4.41. The van der Waals surface area contributed by atoms with Crippen LogP contribution in [0.1, 0.15) is 24.0 Å². The molecule has 1 saturated heterocycles. The molecule has 1 aliphatic rings. The Morgan fingerprint density at radius 1 is 1.50 bits per heavy atom. The van der Waals surface area contributed by atoms with Crippen LogP contribution in [0.3, 0.4) is 0 Å². The van der Waals surface area contributed by atoms with Gasteiger partial charge in [0.1, 0.15) is 19.0 Å². The highest BCUT2D eigenvalue weighted by Crippen LogP contribution is 2.21. The Labute approximate surface area is 108 Å². The Bertz CT molecular complexity index is 451. The van der Waals surface area contributed by atoms with E-state index in [0.29, 0.717) is 6.61 Å². The molecule has 1 atom stereocenters. The minimum Gasteiger partial charge on any atom is -0.490 e. The van der Waals surface area contributed by atoms with E-state index in [4.69, 9.17) is 14.6 Å². The Morgan fingerprint density at radius 3 is 3.11 bits per heavy atom. The lowest BCUT2D eigenvalue weighted by Crippen LogP contribution is -2.16. The number of rotatable bonds is 3. The standard InChI is InChI=1S/C15H18O3/c1-12-6-7-15(13(10-12)4-2-8-16)18-11-14-5-3-9-17-14/h6-7,10,14,16H,3,5,8-9,11H2,1H3. The van der Waals surface area contributed by atoms with Crippen molar-refractivity contribution >= 4 is 0 Å². The smallest absolute Gasteiger partial charge is 0.135 e. The number of benzene rings is 1. The molecule has 0 amide bonds. The summed E-state index contributed by atoms with van der Waals surface area (Å²) in [5.41, 5.74) is 1.95. The van der Waals surface area contributed by atoms with Gasteiger partial charge in [0.05, 0.1) is 11.7 Å². The molecule has 0 aromatic heterocycles. The van der Waals surface area contributed by atoms with Crippen molar-refractivity contribution in [3.63, 3.8) is 0 Å². The van der Waals surface area contributed by atoms with E-state index in [1.165, 1.54) is 0 Å². The average molecular weight is 246 g/mol. The van der Waals surface area contributed by atoms with Crippen molar-refractivity contribution in [2.45, 2.75) is 25.9 Å². The summed E-state index contributed by atoms with van der Waals surface area (Å²) in [5, 5.41) is 8.76. The normalized spacial score (nSPS) is 18.2. The molecule has 1 aromatic rings. The number of aliphatic hydroxyl groups is 1. The number of hydrogen-bond acceptors (Lipinski definition) is 3. The van der Waals surface area contributed by atoms with Crippen molar-refractivity contribution in [1.82, 2.24) is 0 Å². The van der Waals surface area contributed by atoms with Gasteiger partial charge in [0.15, 0.2) is 0 Å². The van der Waals surface area contributed by atoms with Gasteiger partial charge >= 0.3 is 0 Å². The summed E-state index contributed by atoms with van der Waals surface area (Å²) in [7, 11) is 0. The maximum absolute atomic E-state index is 8.76. The number of aliphatic hydroxyl groups excluding tert-OH is 1. The highest BCUT2D eigenvalue weighted by Gasteiger charge is 2.16. The second-order valence-corrected chi connectivity index (χ2v) is 4.41. The molecular formula is C15H18O3. The molecule has 1 aromatic carbocycles. The van der Waals surface area contributed by atoms with Crippen LogP contribution in [0.2, 0.25) is 0 Å². The largest absolute Gasteiger partial charge is 0.490 e. The van der Waals surface area contributed by atoms with E-state index >= 15 is 0 Å². The van der Waals surface area contributed by atoms with E-state index < -0.39 is 0 Å². The van der Waals surface area contributed by atoms with E-state index in [0.717, 1.165) is 36.3 Å². The first-order chi connectivity index (χ1) is 8.79. The van der Waals surface area contributed by atoms with E-state index in [-0.39, 0.29) is 12.7 Å². The molecule has 0 spiro atoms. The third-order valence-corrected chi connectivity index (χ3v) is 2.89. The van der Waals surface area contributed by atoms with Gasteiger partial charge in [-0.15, -0.1) is 0 Å². The van der Waals surface area contributed by atoms with Crippen LogP contribution in [0.5, 0.6) is 5.75 Å². The highest BCUT2D eigenvalue weighted by atomic mass is 16.5. The molecule has 3 heteroatoms. The molecule has 2 rings (SSSR count). The lowest BCUT2D eigenvalue weighted by molar-refractivity contribution is 0.0678. The zero-order chi connectivity index (χ0) is 12.8. The molecular weight excluding hydrogens is 228 g/mol. The third kappa shape index (κ3) is 3.49. The van der Waals surface area contributed by atoms with Crippen LogP contribution < -0.4 is 4.74 Å². The van der Waals surface area contributed by atoms with Crippen molar-refractivity contribution in [3.8, 4) is 17.6 Å². The first kappa shape index (κ1) is 12.9. The van der Waals surface area contributed by atoms with Crippen molar-refractivity contribution in [1.29, 1.82) is 0 Å². The fourth-order valence-electron chi connectivity index (χ4n) is 1.96. The molecule has 0 radical (unpaired) electrons. The average Bonchev–Trinajstić information content (AvgIpc) is 2.88. The van der Waals surface area contributed by atoms with Gasteiger partial charge in [-0.25, -0.2) is 0 Å². The van der Waals surface area contributed by atoms with E-state index in [1.54, 1.807) is 0 Å². The summed E-state index contributed by atoms with van der Waals surface area (Å²) in [6, 6.07) is 5.88.